The fraction of sp³-hybridized carbons (Fsp3) is 0.300. The number of hydrogen-bond donors (Lipinski definition) is 0. The average Bonchev–Trinajstić information content (AvgIpc) is 3.15. The number of nitro benzene ring substituents is 1. The number of carbonyl (C=O) groups excluding carboxylic acids is 2. The number of carbonyl (C=O) groups is 2. The summed E-state index contributed by atoms with van der Waals surface area (Å²) in [6.07, 6.45) is 4.85. The normalized spacial score (nSPS) is 18.1. The molecule has 0 bridgehead atoms. The Morgan fingerprint density at radius 3 is 2.30 bits per heavy atom. The van der Waals surface area contributed by atoms with Crippen molar-refractivity contribution < 1.29 is 28.4 Å². The van der Waals surface area contributed by atoms with Gasteiger partial charge in [0.1, 0.15) is 22.1 Å². The molecule has 156 valence electrons. The van der Waals surface area contributed by atoms with E-state index in [4.69, 9.17) is 37.1 Å². The summed E-state index contributed by atoms with van der Waals surface area (Å²) in [5.41, 5.74) is -0.282. The van der Waals surface area contributed by atoms with E-state index in [2.05, 4.69) is 0 Å². The fourth-order valence-corrected chi connectivity index (χ4v) is 4.03. The Hall–Kier alpha value is -2.84. The van der Waals surface area contributed by atoms with E-state index in [1.807, 2.05) is 0 Å². The summed E-state index contributed by atoms with van der Waals surface area (Å²) in [4.78, 5) is 35.2. The molecular formula is C20H15Cl2NO7. The molecule has 1 aliphatic heterocycles. The largest absolute Gasteiger partial charge is 0.457 e. The van der Waals surface area contributed by atoms with Crippen molar-refractivity contribution in [2.24, 2.45) is 0 Å². The van der Waals surface area contributed by atoms with Crippen molar-refractivity contribution >= 4 is 46.9 Å². The van der Waals surface area contributed by atoms with Gasteiger partial charge in [-0.05, 0) is 31.0 Å². The quantitative estimate of drug-likeness (QED) is 0.204. The van der Waals surface area contributed by atoms with Crippen LogP contribution in [0.15, 0.2) is 34.3 Å². The molecule has 4 rings (SSSR count). The van der Waals surface area contributed by atoms with Crippen LogP contribution >= 0.6 is 23.2 Å². The van der Waals surface area contributed by atoms with Crippen molar-refractivity contribution in [2.45, 2.75) is 37.9 Å². The van der Waals surface area contributed by atoms with Gasteiger partial charge in [-0.2, -0.15) is 0 Å². The second kappa shape index (κ2) is 7.77. The molecule has 0 unspecified atom stereocenters. The number of esters is 2. The second-order valence-electron chi connectivity index (χ2n) is 7.05. The van der Waals surface area contributed by atoms with Crippen LogP contribution in [0.25, 0.3) is 17.4 Å². The van der Waals surface area contributed by atoms with Crippen LogP contribution in [0.5, 0.6) is 0 Å². The van der Waals surface area contributed by atoms with Crippen molar-refractivity contribution in [2.75, 3.05) is 0 Å². The lowest BCUT2D eigenvalue weighted by Crippen LogP contribution is -2.47. The van der Waals surface area contributed by atoms with Crippen LogP contribution < -0.4 is 0 Å². The summed E-state index contributed by atoms with van der Waals surface area (Å²) in [5.74, 6) is -2.25. The molecule has 1 spiro atoms. The predicted molar refractivity (Wildman–Crippen MR) is 107 cm³/mol. The number of rotatable bonds is 3. The van der Waals surface area contributed by atoms with Gasteiger partial charge in [0.15, 0.2) is 0 Å². The number of furan rings is 1. The van der Waals surface area contributed by atoms with E-state index in [9.17, 15) is 19.7 Å². The van der Waals surface area contributed by atoms with Crippen molar-refractivity contribution in [3.63, 3.8) is 0 Å². The van der Waals surface area contributed by atoms with E-state index in [1.54, 1.807) is 0 Å². The van der Waals surface area contributed by atoms with E-state index in [0.29, 0.717) is 18.4 Å². The lowest BCUT2D eigenvalue weighted by molar-refractivity contribution is -0.384. The Morgan fingerprint density at radius 1 is 1.00 bits per heavy atom. The number of benzene rings is 1. The molecule has 0 radical (unpaired) electrons. The molecule has 2 aliphatic rings. The molecule has 1 aromatic carbocycles. The first kappa shape index (κ1) is 20.4. The Balaban J connectivity index is 1.60. The van der Waals surface area contributed by atoms with Crippen LogP contribution in [0.1, 0.15) is 37.9 Å². The third-order valence-electron chi connectivity index (χ3n) is 5.02. The maximum absolute atomic E-state index is 12.4. The molecule has 0 atom stereocenters. The molecule has 2 aromatic rings. The zero-order valence-corrected chi connectivity index (χ0v) is 17.0. The summed E-state index contributed by atoms with van der Waals surface area (Å²) in [6, 6.07) is 5.49. The minimum atomic E-state index is -1.17. The van der Waals surface area contributed by atoms with E-state index < -0.39 is 22.6 Å². The molecule has 2 fully saturated rings. The molecule has 30 heavy (non-hydrogen) atoms. The van der Waals surface area contributed by atoms with Crippen molar-refractivity contribution in [1.29, 1.82) is 0 Å². The van der Waals surface area contributed by atoms with Gasteiger partial charge < -0.3 is 13.9 Å². The number of ether oxygens (including phenoxy) is 2. The molecule has 1 saturated heterocycles. The number of hydrogen-bond acceptors (Lipinski definition) is 7. The first-order valence-electron chi connectivity index (χ1n) is 9.20. The first-order valence-corrected chi connectivity index (χ1v) is 9.96. The molecule has 2 heterocycles. The highest BCUT2D eigenvalue weighted by Gasteiger charge is 2.46. The Kier molecular flexibility index (Phi) is 5.29. The minimum Gasteiger partial charge on any atom is -0.457 e. The van der Waals surface area contributed by atoms with E-state index in [0.717, 1.165) is 25.3 Å². The number of nitrogens with zero attached hydrogens (tertiary/aromatic N) is 1. The zero-order chi connectivity index (χ0) is 21.5. The third kappa shape index (κ3) is 3.80. The van der Waals surface area contributed by atoms with E-state index >= 15 is 0 Å². The van der Waals surface area contributed by atoms with Crippen LogP contribution in [-0.4, -0.2) is 22.6 Å². The minimum absolute atomic E-state index is 0.0652. The summed E-state index contributed by atoms with van der Waals surface area (Å²) < 4.78 is 16.5. The van der Waals surface area contributed by atoms with Crippen LogP contribution in [0.4, 0.5) is 5.69 Å². The molecule has 1 aromatic heterocycles. The Morgan fingerprint density at radius 2 is 1.67 bits per heavy atom. The molecule has 1 aliphatic carbocycles. The third-order valence-corrected chi connectivity index (χ3v) is 5.64. The molecule has 10 heteroatoms. The molecule has 0 amide bonds. The lowest BCUT2D eigenvalue weighted by atomic mass is 9.93. The van der Waals surface area contributed by atoms with Gasteiger partial charge in [0, 0.05) is 30.5 Å². The van der Waals surface area contributed by atoms with E-state index in [1.165, 1.54) is 24.3 Å². The van der Waals surface area contributed by atoms with Crippen molar-refractivity contribution in [3.8, 4) is 11.3 Å². The molecular weight excluding hydrogens is 437 g/mol. The smallest absolute Gasteiger partial charge is 0.349 e. The molecule has 1 saturated carbocycles. The van der Waals surface area contributed by atoms with Gasteiger partial charge in [-0.1, -0.05) is 29.6 Å². The van der Waals surface area contributed by atoms with Gasteiger partial charge in [-0.15, -0.1) is 0 Å². The predicted octanol–water partition coefficient (Wildman–Crippen LogP) is 5.31. The number of halogens is 2. The number of nitro groups is 1. The summed E-state index contributed by atoms with van der Waals surface area (Å²) in [5, 5.41) is 10.9. The monoisotopic (exact) mass is 451 g/mol. The standard InChI is InChI=1S/C20H15Cl2NO7/c21-14-10-16(23(26)27)15(22)9-12(14)17-5-4-11(28-17)8-13-18(24)29-20(30-19(13)25)6-2-1-3-7-20/h4-5,8-10H,1-3,6-7H2. The van der Waals surface area contributed by atoms with Gasteiger partial charge in [0.2, 0.25) is 0 Å². The van der Waals surface area contributed by atoms with Crippen LogP contribution in [-0.2, 0) is 19.1 Å². The van der Waals surface area contributed by atoms with Crippen LogP contribution in [0.2, 0.25) is 10.0 Å². The first-order chi connectivity index (χ1) is 14.3. The zero-order valence-electron chi connectivity index (χ0n) is 15.5. The highest BCUT2D eigenvalue weighted by Crippen LogP contribution is 2.39. The van der Waals surface area contributed by atoms with Gasteiger partial charge in [-0.25, -0.2) is 9.59 Å². The van der Waals surface area contributed by atoms with E-state index in [-0.39, 0.29) is 32.8 Å². The Bertz CT molecular complexity index is 1060. The fourth-order valence-electron chi connectivity index (χ4n) is 3.55. The highest BCUT2D eigenvalue weighted by atomic mass is 35.5. The topological polar surface area (TPSA) is 109 Å². The summed E-state index contributed by atoms with van der Waals surface area (Å²) in [6.45, 7) is 0. The maximum Gasteiger partial charge on any atom is 0.349 e. The van der Waals surface area contributed by atoms with Crippen molar-refractivity contribution in [1.82, 2.24) is 0 Å². The van der Waals surface area contributed by atoms with Gasteiger partial charge >= 0.3 is 11.9 Å². The lowest BCUT2D eigenvalue weighted by Gasteiger charge is -2.38. The van der Waals surface area contributed by atoms with Crippen molar-refractivity contribution in [3.05, 3.63) is 55.8 Å². The van der Waals surface area contributed by atoms with Crippen LogP contribution in [0.3, 0.4) is 0 Å². The maximum atomic E-state index is 12.4. The summed E-state index contributed by atoms with van der Waals surface area (Å²) in [7, 11) is 0. The highest BCUT2D eigenvalue weighted by molar-refractivity contribution is 6.36. The van der Waals surface area contributed by atoms with Crippen LogP contribution in [0, 0.1) is 10.1 Å². The van der Waals surface area contributed by atoms with Gasteiger partial charge in [0.05, 0.1) is 9.95 Å². The molecule has 0 N–H and O–H groups in total. The van der Waals surface area contributed by atoms with Gasteiger partial charge in [0.25, 0.3) is 11.5 Å². The average molecular weight is 452 g/mol. The Labute approximate surface area is 180 Å². The van der Waals surface area contributed by atoms with Gasteiger partial charge in [-0.3, -0.25) is 10.1 Å². The summed E-state index contributed by atoms with van der Waals surface area (Å²) >= 11 is 12.1. The molecule has 8 nitrogen and oxygen atoms in total. The SMILES string of the molecule is O=C1OC2(CCCCC2)OC(=O)C1=Cc1ccc(-c2cc(Cl)c([N+](=O)[O-])cc2Cl)o1. The second-order valence-corrected chi connectivity index (χ2v) is 7.87.